The number of likely N-dealkylation sites (N-methyl/N-ethyl adjacent to an activating group) is 1. The molecule has 2 heterocycles. The van der Waals surface area contributed by atoms with Crippen LogP contribution in [0.5, 0.6) is 5.75 Å². The van der Waals surface area contributed by atoms with E-state index in [9.17, 15) is 9.18 Å². The van der Waals surface area contributed by atoms with Gasteiger partial charge in [-0.15, -0.1) is 0 Å². The van der Waals surface area contributed by atoms with Gasteiger partial charge in [-0.05, 0) is 56.8 Å². The molecule has 1 amide bonds. The number of ether oxygens (including phenoxy) is 1. The molecule has 6 nitrogen and oxygen atoms in total. The van der Waals surface area contributed by atoms with Gasteiger partial charge in [-0.25, -0.2) is 4.39 Å². The molecule has 0 saturated carbocycles. The number of carbonyl (C=O) groups is 1. The summed E-state index contributed by atoms with van der Waals surface area (Å²) in [5.74, 6) is 0.488. The molecule has 2 aromatic rings. The van der Waals surface area contributed by atoms with Gasteiger partial charge in [0.05, 0.1) is 0 Å². The molecule has 190 valence electrons. The lowest BCUT2D eigenvalue weighted by atomic mass is 10.1. The third-order valence-electron chi connectivity index (χ3n) is 7.10. The van der Waals surface area contributed by atoms with Crippen LogP contribution in [0.1, 0.15) is 25.0 Å². The highest BCUT2D eigenvalue weighted by Gasteiger charge is 2.32. The molecule has 4 rings (SSSR count). The summed E-state index contributed by atoms with van der Waals surface area (Å²) in [7, 11) is 2.14. The van der Waals surface area contributed by atoms with Crippen molar-refractivity contribution >= 4 is 17.5 Å². The Hall–Kier alpha value is -2.19. The first-order valence-corrected chi connectivity index (χ1v) is 12.8. The maximum absolute atomic E-state index is 13.2. The Morgan fingerprint density at radius 1 is 1.00 bits per heavy atom. The zero-order chi connectivity index (χ0) is 24.9. The zero-order valence-corrected chi connectivity index (χ0v) is 21.7. The number of carbonyl (C=O) groups excluding carboxylic acids is 1. The van der Waals surface area contributed by atoms with Crippen molar-refractivity contribution < 1.29 is 13.9 Å². The van der Waals surface area contributed by atoms with Gasteiger partial charge in [-0.3, -0.25) is 14.6 Å². The third-order valence-corrected chi connectivity index (χ3v) is 7.33. The molecule has 2 aromatic carbocycles. The SMILES string of the molecule is C[C@@H]1CN(C(=O)COc2ccc(Cl)cc2CN2CCN(C)CC2)[C@@H](C)CN1Cc1ccc(F)cc1. The van der Waals surface area contributed by atoms with Crippen molar-refractivity contribution in [2.75, 3.05) is 52.9 Å². The first-order chi connectivity index (χ1) is 16.8. The summed E-state index contributed by atoms with van der Waals surface area (Å²) in [6.45, 7) is 11.2. The van der Waals surface area contributed by atoms with Crippen LogP contribution >= 0.6 is 11.6 Å². The fourth-order valence-corrected chi connectivity index (χ4v) is 5.07. The van der Waals surface area contributed by atoms with Crippen LogP contribution in [-0.2, 0) is 17.9 Å². The molecule has 0 N–H and O–H groups in total. The van der Waals surface area contributed by atoms with Gasteiger partial charge in [-0.2, -0.15) is 0 Å². The molecule has 0 radical (unpaired) electrons. The number of hydrogen-bond acceptors (Lipinski definition) is 5. The first-order valence-electron chi connectivity index (χ1n) is 12.4. The van der Waals surface area contributed by atoms with Crippen LogP contribution in [0, 0.1) is 5.82 Å². The van der Waals surface area contributed by atoms with Crippen LogP contribution < -0.4 is 4.74 Å². The lowest BCUT2D eigenvalue weighted by molar-refractivity contribution is -0.139. The first kappa shape index (κ1) is 25.9. The molecule has 0 spiro atoms. The van der Waals surface area contributed by atoms with Crippen molar-refractivity contribution in [2.45, 2.75) is 39.0 Å². The minimum Gasteiger partial charge on any atom is -0.483 e. The van der Waals surface area contributed by atoms with E-state index < -0.39 is 0 Å². The normalized spacial score (nSPS) is 22.4. The van der Waals surface area contributed by atoms with Gasteiger partial charge in [0.15, 0.2) is 6.61 Å². The molecule has 2 aliphatic rings. The molecule has 2 saturated heterocycles. The van der Waals surface area contributed by atoms with Crippen LogP contribution in [0.2, 0.25) is 5.02 Å². The van der Waals surface area contributed by atoms with Crippen molar-refractivity contribution in [3.63, 3.8) is 0 Å². The lowest BCUT2D eigenvalue weighted by Gasteiger charge is -2.44. The van der Waals surface area contributed by atoms with Crippen LogP contribution in [0.4, 0.5) is 4.39 Å². The van der Waals surface area contributed by atoms with Gasteiger partial charge in [0.1, 0.15) is 11.6 Å². The summed E-state index contributed by atoms with van der Waals surface area (Å²) >= 11 is 6.28. The molecule has 2 fully saturated rings. The second-order valence-corrected chi connectivity index (χ2v) is 10.4. The van der Waals surface area contributed by atoms with E-state index in [1.165, 1.54) is 12.1 Å². The summed E-state index contributed by atoms with van der Waals surface area (Å²) in [5.41, 5.74) is 2.09. The van der Waals surface area contributed by atoms with Crippen molar-refractivity contribution in [1.82, 2.24) is 19.6 Å². The van der Waals surface area contributed by atoms with E-state index in [1.807, 2.05) is 35.2 Å². The average molecular weight is 503 g/mol. The number of piperazine rings is 2. The topological polar surface area (TPSA) is 39.3 Å². The summed E-state index contributed by atoms with van der Waals surface area (Å²) in [6.07, 6.45) is 0. The van der Waals surface area contributed by atoms with Crippen molar-refractivity contribution in [3.8, 4) is 5.75 Å². The Labute approximate surface area is 213 Å². The Morgan fingerprint density at radius 2 is 1.71 bits per heavy atom. The van der Waals surface area contributed by atoms with Crippen molar-refractivity contribution in [3.05, 3.63) is 64.4 Å². The maximum atomic E-state index is 13.2. The summed E-state index contributed by atoms with van der Waals surface area (Å²) < 4.78 is 19.3. The van der Waals surface area contributed by atoms with Gasteiger partial charge < -0.3 is 14.5 Å². The number of benzene rings is 2. The fourth-order valence-electron chi connectivity index (χ4n) is 4.87. The summed E-state index contributed by atoms with van der Waals surface area (Å²) in [4.78, 5) is 22.1. The van der Waals surface area contributed by atoms with Crippen LogP contribution in [0.15, 0.2) is 42.5 Å². The van der Waals surface area contributed by atoms with E-state index in [1.54, 1.807) is 0 Å². The van der Waals surface area contributed by atoms with Gasteiger partial charge in [0.2, 0.25) is 0 Å². The molecule has 2 atom stereocenters. The average Bonchev–Trinajstić information content (AvgIpc) is 2.83. The van der Waals surface area contributed by atoms with E-state index in [2.05, 4.69) is 35.6 Å². The van der Waals surface area contributed by atoms with E-state index in [-0.39, 0.29) is 30.4 Å². The third kappa shape index (κ3) is 6.94. The number of amides is 1. The van der Waals surface area contributed by atoms with Crippen LogP contribution in [0.25, 0.3) is 0 Å². The number of rotatable bonds is 7. The van der Waals surface area contributed by atoms with Crippen LogP contribution in [-0.4, -0.2) is 90.5 Å². The predicted molar refractivity (Wildman–Crippen MR) is 137 cm³/mol. The fraction of sp³-hybridized carbons (Fsp3) is 0.519. The van der Waals surface area contributed by atoms with Gasteiger partial charge in [0.25, 0.3) is 5.91 Å². The molecule has 8 heteroatoms. The molecule has 2 aliphatic heterocycles. The Kier molecular flexibility index (Phi) is 8.65. The highest BCUT2D eigenvalue weighted by molar-refractivity contribution is 6.30. The van der Waals surface area contributed by atoms with Gasteiger partial charge >= 0.3 is 0 Å². The Balaban J connectivity index is 1.33. The smallest absolute Gasteiger partial charge is 0.260 e. The summed E-state index contributed by atoms with van der Waals surface area (Å²) in [6, 6.07) is 12.5. The second kappa shape index (κ2) is 11.7. The standard InChI is InChI=1S/C27H36ClFN4O2/c1-20-16-33(21(2)15-32(20)17-22-4-7-25(29)8-5-22)27(34)19-35-26-9-6-24(28)14-23(26)18-31-12-10-30(3)11-13-31/h4-9,14,20-21H,10-13,15-19H2,1-3H3/t20-,21+/m1/s1. The number of halogens is 2. The van der Waals surface area contributed by atoms with Crippen molar-refractivity contribution in [2.24, 2.45) is 0 Å². The van der Waals surface area contributed by atoms with E-state index >= 15 is 0 Å². The highest BCUT2D eigenvalue weighted by atomic mass is 35.5. The molecule has 0 unspecified atom stereocenters. The van der Waals surface area contributed by atoms with E-state index in [4.69, 9.17) is 16.3 Å². The minimum atomic E-state index is -0.224. The molecular weight excluding hydrogens is 467 g/mol. The van der Waals surface area contributed by atoms with Gasteiger partial charge in [0, 0.05) is 75.0 Å². The predicted octanol–water partition coefficient (Wildman–Crippen LogP) is 3.73. The highest BCUT2D eigenvalue weighted by Crippen LogP contribution is 2.26. The number of hydrogen-bond donors (Lipinski definition) is 0. The molecule has 0 aliphatic carbocycles. The quantitative estimate of drug-likeness (QED) is 0.577. The number of nitrogens with zero attached hydrogens (tertiary/aromatic N) is 4. The van der Waals surface area contributed by atoms with E-state index in [0.717, 1.165) is 62.7 Å². The molecule has 0 bridgehead atoms. The largest absolute Gasteiger partial charge is 0.483 e. The van der Waals surface area contributed by atoms with Gasteiger partial charge in [-0.1, -0.05) is 23.7 Å². The monoisotopic (exact) mass is 502 g/mol. The molecular formula is C27H36ClFN4O2. The minimum absolute atomic E-state index is 0.00634. The maximum Gasteiger partial charge on any atom is 0.260 e. The lowest BCUT2D eigenvalue weighted by Crippen LogP contribution is -2.58. The summed E-state index contributed by atoms with van der Waals surface area (Å²) in [5, 5.41) is 0.674. The zero-order valence-electron chi connectivity index (χ0n) is 20.9. The van der Waals surface area contributed by atoms with Crippen LogP contribution in [0.3, 0.4) is 0 Å². The Morgan fingerprint density at radius 3 is 2.43 bits per heavy atom. The van der Waals surface area contributed by atoms with Crippen molar-refractivity contribution in [1.29, 1.82) is 0 Å². The molecule has 35 heavy (non-hydrogen) atoms. The Bertz CT molecular complexity index is 997. The van der Waals surface area contributed by atoms with E-state index in [0.29, 0.717) is 11.6 Å². The molecule has 0 aromatic heterocycles. The second-order valence-electron chi connectivity index (χ2n) is 9.92.